The lowest BCUT2D eigenvalue weighted by Gasteiger charge is -2.22. The molecule has 0 spiro atoms. The largest absolute Gasteiger partial charge is 0.344 e. The van der Waals surface area contributed by atoms with Crippen LogP contribution in [0.15, 0.2) is 18.2 Å². The molecule has 20 heavy (non-hydrogen) atoms. The molecule has 1 amide bonds. The fourth-order valence-corrected chi connectivity index (χ4v) is 2.43. The van der Waals surface area contributed by atoms with E-state index in [0.29, 0.717) is 17.9 Å². The van der Waals surface area contributed by atoms with E-state index in [1.807, 2.05) is 6.92 Å². The summed E-state index contributed by atoms with van der Waals surface area (Å²) in [5, 5.41) is 0. The number of aromatic nitrogens is 2. The van der Waals surface area contributed by atoms with E-state index in [4.69, 9.17) is 11.6 Å². The Morgan fingerprint density at radius 2 is 2.25 bits per heavy atom. The summed E-state index contributed by atoms with van der Waals surface area (Å²) in [6.07, 6.45) is 0. The highest BCUT2D eigenvalue weighted by molar-refractivity contribution is 6.17. The molecular weight excluding hydrogens is 281 g/mol. The molecule has 0 bridgehead atoms. The molecule has 1 heterocycles. The molecule has 0 N–H and O–H groups in total. The lowest BCUT2D eigenvalue weighted by molar-refractivity contribution is -0.132. The Morgan fingerprint density at radius 3 is 2.85 bits per heavy atom. The highest BCUT2D eigenvalue weighted by atomic mass is 35.5. The summed E-state index contributed by atoms with van der Waals surface area (Å²) in [4.78, 5) is 18.1. The zero-order valence-corrected chi connectivity index (χ0v) is 12.5. The maximum absolute atomic E-state index is 13.8. The molecule has 0 fully saturated rings. The van der Waals surface area contributed by atoms with Gasteiger partial charge in [0.05, 0.1) is 11.4 Å². The van der Waals surface area contributed by atoms with E-state index >= 15 is 0 Å². The number of alkyl halides is 1. The number of benzene rings is 1. The van der Waals surface area contributed by atoms with Gasteiger partial charge in [0, 0.05) is 13.6 Å². The Kier molecular flexibility index (Phi) is 4.28. The van der Waals surface area contributed by atoms with Crippen LogP contribution >= 0.6 is 11.6 Å². The van der Waals surface area contributed by atoms with Crippen LogP contribution in [0.25, 0.3) is 11.0 Å². The molecule has 0 aliphatic rings. The van der Waals surface area contributed by atoms with Crippen LogP contribution < -0.4 is 0 Å². The van der Waals surface area contributed by atoms with E-state index in [0.717, 1.165) is 0 Å². The number of hydrogen-bond acceptors (Lipinski definition) is 2. The summed E-state index contributed by atoms with van der Waals surface area (Å²) in [6, 6.07) is 4.23. The van der Waals surface area contributed by atoms with E-state index in [1.165, 1.54) is 6.07 Å². The summed E-state index contributed by atoms with van der Waals surface area (Å²) in [6.45, 7) is 4.29. The molecule has 4 nitrogen and oxygen atoms in total. The Bertz CT molecular complexity index is 641. The number of likely N-dealkylation sites (N-methyl/N-ethyl adjacent to an activating group) is 1. The van der Waals surface area contributed by atoms with Crippen molar-refractivity contribution >= 4 is 28.5 Å². The maximum atomic E-state index is 13.8. The van der Waals surface area contributed by atoms with E-state index in [1.54, 1.807) is 35.6 Å². The lowest BCUT2D eigenvalue weighted by Crippen LogP contribution is -2.33. The van der Waals surface area contributed by atoms with Crippen molar-refractivity contribution in [3.8, 4) is 0 Å². The molecule has 0 aliphatic heterocycles. The van der Waals surface area contributed by atoms with Gasteiger partial charge < -0.3 is 9.47 Å². The second-order valence-electron chi connectivity index (χ2n) is 4.67. The van der Waals surface area contributed by atoms with Crippen LogP contribution in [0.3, 0.4) is 0 Å². The van der Waals surface area contributed by atoms with Gasteiger partial charge >= 0.3 is 0 Å². The first kappa shape index (κ1) is 14.8. The van der Waals surface area contributed by atoms with Gasteiger partial charge in [0.2, 0.25) is 5.91 Å². The summed E-state index contributed by atoms with van der Waals surface area (Å²) < 4.78 is 15.5. The average Bonchev–Trinajstić information content (AvgIpc) is 2.84. The topological polar surface area (TPSA) is 38.1 Å². The zero-order valence-electron chi connectivity index (χ0n) is 11.7. The van der Waals surface area contributed by atoms with Crippen LogP contribution in [-0.2, 0) is 10.7 Å². The van der Waals surface area contributed by atoms with E-state index < -0.39 is 11.9 Å². The van der Waals surface area contributed by atoms with Crippen LogP contribution in [0.1, 0.15) is 25.7 Å². The van der Waals surface area contributed by atoms with Crippen LogP contribution in [0, 0.1) is 5.82 Å². The fraction of sp³-hybridized carbons (Fsp3) is 0.429. The summed E-state index contributed by atoms with van der Waals surface area (Å²) >= 11 is 5.89. The SMILES string of the molecule is CCN(C)C(=O)C(C)n1c(CCl)nc2c(F)cccc21. The highest BCUT2D eigenvalue weighted by Gasteiger charge is 2.24. The number of carbonyl (C=O) groups is 1. The number of para-hydroxylation sites is 1. The van der Waals surface area contributed by atoms with Gasteiger partial charge in [-0.15, -0.1) is 11.6 Å². The zero-order chi connectivity index (χ0) is 14.9. The monoisotopic (exact) mass is 297 g/mol. The number of carbonyl (C=O) groups excluding carboxylic acids is 1. The molecule has 1 atom stereocenters. The predicted octanol–water partition coefficient (Wildman–Crippen LogP) is 2.95. The van der Waals surface area contributed by atoms with Crippen LogP contribution in [0.5, 0.6) is 0 Å². The first-order valence-electron chi connectivity index (χ1n) is 6.47. The molecule has 2 aromatic rings. The van der Waals surface area contributed by atoms with Crippen molar-refractivity contribution in [3.63, 3.8) is 0 Å². The third kappa shape index (κ3) is 2.38. The first-order valence-corrected chi connectivity index (χ1v) is 7.01. The van der Waals surface area contributed by atoms with Gasteiger partial charge in [0.15, 0.2) is 5.82 Å². The minimum atomic E-state index is -0.472. The second kappa shape index (κ2) is 5.79. The standard InChI is InChI=1S/C14H17ClFN3O/c1-4-18(3)14(20)9(2)19-11-7-5-6-10(16)13(11)17-12(19)8-15/h5-7,9H,4,8H2,1-3H3. The third-order valence-corrected chi connectivity index (χ3v) is 3.70. The van der Waals surface area contributed by atoms with Gasteiger partial charge in [-0.1, -0.05) is 6.07 Å². The van der Waals surface area contributed by atoms with Gasteiger partial charge in [-0.2, -0.15) is 0 Å². The molecule has 1 aromatic heterocycles. The normalized spacial score (nSPS) is 12.7. The Morgan fingerprint density at radius 1 is 1.55 bits per heavy atom. The smallest absolute Gasteiger partial charge is 0.245 e. The predicted molar refractivity (Wildman–Crippen MR) is 77.3 cm³/mol. The maximum Gasteiger partial charge on any atom is 0.245 e. The summed E-state index contributed by atoms with van der Waals surface area (Å²) in [7, 11) is 1.74. The molecule has 0 saturated carbocycles. The van der Waals surface area contributed by atoms with Crippen LogP contribution in [0.2, 0.25) is 0 Å². The first-order chi connectivity index (χ1) is 9.51. The van der Waals surface area contributed by atoms with Gasteiger partial charge in [-0.25, -0.2) is 9.37 Å². The van der Waals surface area contributed by atoms with E-state index in [9.17, 15) is 9.18 Å². The number of imidazole rings is 1. The van der Waals surface area contributed by atoms with E-state index in [2.05, 4.69) is 4.98 Å². The van der Waals surface area contributed by atoms with Crippen molar-refractivity contribution < 1.29 is 9.18 Å². The molecule has 6 heteroatoms. The Labute approximate surface area is 122 Å². The Hall–Kier alpha value is -1.62. The number of halogens is 2. The van der Waals surface area contributed by atoms with Crippen molar-refractivity contribution in [1.82, 2.24) is 14.5 Å². The fourth-order valence-electron chi connectivity index (χ4n) is 2.24. The van der Waals surface area contributed by atoms with Crippen molar-refractivity contribution in [1.29, 1.82) is 0 Å². The molecule has 0 radical (unpaired) electrons. The lowest BCUT2D eigenvalue weighted by atomic mass is 10.2. The van der Waals surface area contributed by atoms with Gasteiger partial charge in [-0.05, 0) is 26.0 Å². The quantitative estimate of drug-likeness (QED) is 0.814. The Balaban J connectivity index is 2.58. The highest BCUT2D eigenvalue weighted by Crippen LogP contribution is 2.25. The number of rotatable bonds is 4. The van der Waals surface area contributed by atoms with Crippen molar-refractivity contribution in [2.45, 2.75) is 25.8 Å². The van der Waals surface area contributed by atoms with Crippen molar-refractivity contribution in [2.24, 2.45) is 0 Å². The van der Waals surface area contributed by atoms with Crippen LogP contribution in [-0.4, -0.2) is 34.0 Å². The molecule has 1 aromatic carbocycles. The van der Waals surface area contributed by atoms with Gasteiger partial charge in [0.25, 0.3) is 0 Å². The minimum absolute atomic E-state index is 0.0533. The van der Waals surface area contributed by atoms with Crippen LogP contribution in [0.4, 0.5) is 4.39 Å². The van der Waals surface area contributed by atoms with Gasteiger partial charge in [0.1, 0.15) is 17.4 Å². The van der Waals surface area contributed by atoms with Gasteiger partial charge in [-0.3, -0.25) is 4.79 Å². The summed E-state index contributed by atoms with van der Waals surface area (Å²) in [5.41, 5.74) is 0.841. The van der Waals surface area contributed by atoms with Crippen molar-refractivity contribution in [3.05, 3.63) is 29.8 Å². The molecule has 2 rings (SSSR count). The number of nitrogens with zero attached hydrogens (tertiary/aromatic N) is 3. The third-order valence-electron chi connectivity index (χ3n) is 3.46. The average molecular weight is 298 g/mol. The molecular formula is C14H17ClFN3O. The molecule has 0 saturated heterocycles. The number of amides is 1. The molecule has 1 unspecified atom stereocenters. The molecule has 108 valence electrons. The second-order valence-corrected chi connectivity index (χ2v) is 4.93. The number of hydrogen-bond donors (Lipinski definition) is 0. The number of fused-ring (bicyclic) bond motifs is 1. The minimum Gasteiger partial charge on any atom is -0.344 e. The summed E-state index contributed by atoms with van der Waals surface area (Å²) in [5.74, 6) is 0.164. The van der Waals surface area contributed by atoms with Crippen molar-refractivity contribution in [2.75, 3.05) is 13.6 Å². The molecule has 0 aliphatic carbocycles. The van der Waals surface area contributed by atoms with E-state index in [-0.39, 0.29) is 17.3 Å².